The van der Waals surface area contributed by atoms with E-state index in [0.717, 1.165) is 11.3 Å². The molecule has 0 saturated heterocycles. The molecule has 2 aromatic rings. The van der Waals surface area contributed by atoms with E-state index in [-0.39, 0.29) is 0 Å². The van der Waals surface area contributed by atoms with Crippen LogP contribution in [0.1, 0.15) is 5.56 Å². The van der Waals surface area contributed by atoms with E-state index in [1.165, 1.54) is 6.33 Å². The second-order valence-corrected chi connectivity index (χ2v) is 4.22. The maximum atomic E-state index is 5.96. The summed E-state index contributed by atoms with van der Waals surface area (Å²) in [4.78, 5) is 8.07. The van der Waals surface area contributed by atoms with Gasteiger partial charge in [-0.3, -0.25) is 0 Å². The standard InChI is InChI=1S/C13H14ClN3O2/c1-8-12(14)15-7-16-13(8)17-9-4-10(18-2)6-11(5-9)19-3/h4-7H,1-3H3,(H,15,16,17). The number of nitrogens with one attached hydrogen (secondary N) is 1. The van der Waals surface area contributed by atoms with Crippen LogP contribution < -0.4 is 14.8 Å². The van der Waals surface area contributed by atoms with E-state index in [4.69, 9.17) is 21.1 Å². The Morgan fingerprint density at radius 3 is 2.26 bits per heavy atom. The molecule has 2 rings (SSSR count). The smallest absolute Gasteiger partial charge is 0.138 e. The molecule has 1 aromatic carbocycles. The van der Waals surface area contributed by atoms with Gasteiger partial charge in [-0.05, 0) is 6.92 Å². The van der Waals surface area contributed by atoms with Gasteiger partial charge < -0.3 is 14.8 Å². The molecule has 0 unspecified atom stereocenters. The van der Waals surface area contributed by atoms with Gasteiger partial charge in [0, 0.05) is 29.4 Å². The molecule has 0 atom stereocenters. The Bertz CT molecular complexity index is 568. The van der Waals surface area contributed by atoms with Crippen molar-refractivity contribution in [3.63, 3.8) is 0 Å². The zero-order valence-corrected chi connectivity index (χ0v) is 11.7. The van der Waals surface area contributed by atoms with Crippen LogP contribution in [0.5, 0.6) is 11.5 Å². The van der Waals surface area contributed by atoms with E-state index in [1.54, 1.807) is 20.3 Å². The Morgan fingerprint density at radius 2 is 1.68 bits per heavy atom. The van der Waals surface area contributed by atoms with Gasteiger partial charge in [-0.15, -0.1) is 0 Å². The first-order valence-corrected chi connectivity index (χ1v) is 5.99. The molecule has 0 radical (unpaired) electrons. The fraction of sp³-hybridized carbons (Fsp3) is 0.231. The summed E-state index contributed by atoms with van der Waals surface area (Å²) < 4.78 is 10.4. The van der Waals surface area contributed by atoms with Crippen LogP contribution in [0.25, 0.3) is 0 Å². The number of anilines is 2. The van der Waals surface area contributed by atoms with Crippen molar-refractivity contribution in [2.45, 2.75) is 6.92 Å². The zero-order valence-electron chi connectivity index (χ0n) is 10.9. The number of hydrogen-bond acceptors (Lipinski definition) is 5. The van der Waals surface area contributed by atoms with Crippen molar-refractivity contribution in [3.8, 4) is 11.5 Å². The van der Waals surface area contributed by atoms with Crippen molar-refractivity contribution in [1.29, 1.82) is 0 Å². The first-order valence-electron chi connectivity index (χ1n) is 5.61. The topological polar surface area (TPSA) is 56.3 Å². The van der Waals surface area contributed by atoms with Crippen molar-refractivity contribution < 1.29 is 9.47 Å². The molecule has 6 heteroatoms. The minimum Gasteiger partial charge on any atom is -0.497 e. The van der Waals surface area contributed by atoms with Crippen LogP contribution in [0.15, 0.2) is 24.5 Å². The predicted molar refractivity (Wildman–Crippen MR) is 74.6 cm³/mol. The SMILES string of the molecule is COc1cc(Nc2ncnc(Cl)c2C)cc(OC)c1. The summed E-state index contributed by atoms with van der Waals surface area (Å²) in [6.07, 6.45) is 1.41. The van der Waals surface area contributed by atoms with Gasteiger partial charge in [0.15, 0.2) is 0 Å². The Balaban J connectivity index is 2.34. The number of methoxy groups -OCH3 is 2. The summed E-state index contributed by atoms with van der Waals surface area (Å²) in [6.45, 7) is 1.85. The van der Waals surface area contributed by atoms with Gasteiger partial charge in [0.2, 0.25) is 0 Å². The molecule has 0 aliphatic carbocycles. The molecule has 0 amide bonds. The predicted octanol–water partition coefficient (Wildman–Crippen LogP) is 3.20. The molecule has 0 fully saturated rings. The highest BCUT2D eigenvalue weighted by atomic mass is 35.5. The number of halogens is 1. The summed E-state index contributed by atoms with van der Waals surface area (Å²) >= 11 is 5.96. The Labute approximate surface area is 116 Å². The van der Waals surface area contributed by atoms with Crippen LogP contribution in [0.3, 0.4) is 0 Å². The van der Waals surface area contributed by atoms with E-state index in [0.29, 0.717) is 22.5 Å². The first-order chi connectivity index (χ1) is 9.13. The molecule has 0 aliphatic rings. The number of aromatic nitrogens is 2. The van der Waals surface area contributed by atoms with E-state index in [9.17, 15) is 0 Å². The van der Waals surface area contributed by atoms with Crippen molar-refractivity contribution in [2.24, 2.45) is 0 Å². The highest BCUT2D eigenvalue weighted by Crippen LogP contribution is 2.29. The highest BCUT2D eigenvalue weighted by Gasteiger charge is 2.07. The average molecular weight is 280 g/mol. The minimum atomic E-state index is 0.423. The van der Waals surface area contributed by atoms with Gasteiger partial charge in [-0.2, -0.15) is 0 Å². The molecule has 0 bridgehead atoms. The van der Waals surface area contributed by atoms with E-state index in [2.05, 4.69) is 15.3 Å². The number of ether oxygens (including phenoxy) is 2. The number of nitrogens with zero attached hydrogens (tertiary/aromatic N) is 2. The van der Waals surface area contributed by atoms with Crippen LogP contribution in [-0.2, 0) is 0 Å². The quantitative estimate of drug-likeness (QED) is 0.871. The Morgan fingerprint density at radius 1 is 1.05 bits per heavy atom. The van der Waals surface area contributed by atoms with Crippen LogP contribution in [0, 0.1) is 6.92 Å². The number of hydrogen-bond donors (Lipinski definition) is 1. The largest absolute Gasteiger partial charge is 0.497 e. The molecular formula is C13H14ClN3O2. The van der Waals surface area contributed by atoms with Gasteiger partial charge in [0.25, 0.3) is 0 Å². The molecule has 1 heterocycles. The third kappa shape index (κ3) is 3.06. The minimum absolute atomic E-state index is 0.423. The van der Waals surface area contributed by atoms with Gasteiger partial charge in [0.1, 0.15) is 28.8 Å². The fourth-order valence-electron chi connectivity index (χ4n) is 1.57. The molecule has 19 heavy (non-hydrogen) atoms. The lowest BCUT2D eigenvalue weighted by atomic mass is 10.2. The third-order valence-corrected chi connectivity index (χ3v) is 3.02. The van der Waals surface area contributed by atoms with Crippen molar-refractivity contribution in [3.05, 3.63) is 35.2 Å². The summed E-state index contributed by atoms with van der Waals surface area (Å²) in [6, 6.07) is 5.49. The molecule has 0 aliphatic heterocycles. The number of benzene rings is 1. The van der Waals surface area contributed by atoms with Crippen molar-refractivity contribution in [1.82, 2.24) is 9.97 Å². The van der Waals surface area contributed by atoms with Gasteiger partial charge in [0.05, 0.1) is 14.2 Å². The second-order valence-electron chi connectivity index (χ2n) is 3.86. The molecule has 5 nitrogen and oxygen atoms in total. The van der Waals surface area contributed by atoms with E-state index < -0.39 is 0 Å². The van der Waals surface area contributed by atoms with Crippen LogP contribution in [0.2, 0.25) is 5.15 Å². The average Bonchev–Trinajstić information content (AvgIpc) is 2.43. The maximum Gasteiger partial charge on any atom is 0.138 e. The lowest BCUT2D eigenvalue weighted by Crippen LogP contribution is -1.99. The molecule has 1 N–H and O–H groups in total. The fourth-order valence-corrected chi connectivity index (χ4v) is 1.70. The van der Waals surface area contributed by atoms with Crippen LogP contribution in [0.4, 0.5) is 11.5 Å². The summed E-state index contributed by atoms with van der Waals surface area (Å²) in [5, 5.41) is 3.59. The normalized spacial score (nSPS) is 10.1. The van der Waals surface area contributed by atoms with E-state index >= 15 is 0 Å². The third-order valence-electron chi connectivity index (χ3n) is 2.64. The Kier molecular flexibility index (Phi) is 4.06. The number of rotatable bonds is 4. The monoisotopic (exact) mass is 279 g/mol. The summed E-state index contributed by atoms with van der Waals surface area (Å²) in [7, 11) is 3.21. The summed E-state index contributed by atoms with van der Waals surface area (Å²) in [5.74, 6) is 2.04. The summed E-state index contributed by atoms with van der Waals surface area (Å²) in [5.41, 5.74) is 1.58. The molecule has 0 saturated carbocycles. The van der Waals surface area contributed by atoms with Gasteiger partial charge >= 0.3 is 0 Å². The zero-order chi connectivity index (χ0) is 13.8. The van der Waals surface area contributed by atoms with E-state index in [1.807, 2.05) is 19.1 Å². The Hall–Kier alpha value is -2.01. The lowest BCUT2D eigenvalue weighted by molar-refractivity contribution is 0.395. The second kappa shape index (κ2) is 5.75. The highest BCUT2D eigenvalue weighted by molar-refractivity contribution is 6.30. The molecular weight excluding hydrogens is 266 g/mol. The van der Waals surface area contributed by atoms with Crippen LogP contribution in [-0.4, -0.2) is 24.2 Å². The molecule has 0 spiro atoms. The molecule has 100 valence electrons. The van der Waals surface area contributed by atoms with Gasteiger partial charge in [-0.1, -0.05) is 11.6 Å². The van der Waals surface area contributed by atoms with Gasteiger partial charge in [-0.25, -0.2) is 9.97 Å². The van der Waals surface area contributed by atoms with Crippen LogP contribution >= 0.6 is 11.6 Å². The van der Waals surface area contributed by atoms with Crippen molar-refractivity contribution in [2.75, 3.05) is 19.5 Å². The molecule has 1 aromatic heterocycles. The lowest BCUT2D eigenvalue weighted by Gasteiger charge is -2.11. The maximum absolute atomic E-state index is 5.96. The first kappa shape index (κ1) is 13.4. The van der Waals surface area contributed by atoms with Crippen molar-refractivity contribution >= 4 is 23.1 Å².